The van der Waals surface area contributed by atoms with Gasteiger partial charge in [0.25, 0.3) is 0 Å². The van der Waals surface area contributed by atoms with Crippen LogP contribution in [-0.4, -0.2) is 40.1 Å². The van der Waals surface area contributed by atoms with Gasteiger partial charge < -0.3 is 5.32 Å². The maximum Gasteiger partial charge on any atom is 0.329 e. The zero-order valence-corrected chi connectivity index (χ0v) is 19.1. The van der Waals surface area contributed by atoms with Crippen LogP contribution in [0.3, 0.4) is 0 Å². The summed E-state index contributed by atoms with van der Waals surface area (Å²) in [6.07, 6.45) is 2.60. The second kappa shape index (κ2) is 8.09. The molecule has 1 atom stereocenters. The number of halogens is 1. The Bertz CT molecular complexity index is 1480. The lowest BCUT2D eigenvalue weighted by Gasteiger charge is -2.36. The number of likely N-dealkylation sites (tertiary alicyclic amines) is 1. The van der Waals surface area contributed by atoms with E-state index in [1.807, 2.05) is 47.0 Å². The van der Waals surface area contributed by atoms with Crippen LogP contribution in [0, 0.1) is 5.82 Å². The Hall–Kier alpha value is -3.45. The highest BCUT2D eigenvalue weighted by Gasteiger charge is 2.33. The number of likely N-dealkylation sites (N-methyl/N-ethyl adjacent to an activating group) is 1. The zero-order chi connectivity index (χ0) is 23.4. The number of para-hydroxylation sites is 2. The molecule has 2 heterocycles. The molecule has 2 aliphatic rings. The summed E-state index contributed by atoms with van der Waals surface area (Å²) in [5.74, 6) is -0.348. The molecule has 1 aliphatic heterocycles. The predicted molar refractivity (Wildman–Crippen MR) is 130 cm³/mol. The minimum absolute atomic E-state index is 0.0165. The van der Waals surface area contributed by atoms with Crippen LogP contribution in [0.15, 0.2) is 59.4 Å². The third-order valence-electron chi connectivity index (χ3n) is 7.63. The molecular weight excluding hydrogens is 431 g/mol. The van der Waals surface area contributed by atoms with E-state index < -0.39 is 0 Å². The Labute approximate surface area is 196 Å². The molecule has 0 radical (unpaired) electrons. The molecule has 0 saturated carbocycles. The standard InChI is InChI=1S/C27H27FN4O2/c1-29-25(33)16-31-22-7-2-3-8-23(22)32(27(31)34)18-11-13-30(14-12-18)24-15-17-5-4-6-19-21(28)10-9-20(24)26(17)19/h2-10,18,24H,11-16H2,1H3,(H,29,33)/t24-/m1/s1. The number of imidazole rings is 1. The van der Waals surface area contributed by atoms with Crippen molar-refractivity contribution >= 4 is 27.7 Å². The molecular formula is C27H27FN4O2. The van der Waals surface area contributed by atoms with Gasteiger partial charge in [0.05, 0.1) is 11.0 Å². The van der Waals surface area contributed by atoms with Gasteiger partial charge in [0.1, 0.15) is 12.4 Å². The van der Waals surface area contributed by atoms with Crippen LogP contribution in [0.4, 0.5) is 4.39 Å². The quantitative estimate of drug-likeness (QED) is 0.507. The fourth-order valence-corrected chi connectivity index (χ4v) is 5.98. The molecule has 3 aromatic carbocycles. The van der Waals surface area contributed by atoms with Crippen molar-refractivity contribution in [2.45, 2.75) is 37.9 Å². The lowest BCUT2D eigenvalue weighted by atomic mass is 9.99. The smallest absolute Gasteiger partial charge is 0.329 e. The first-order valence-corrected chi connectivity index (χ1v) is 11.9. The van der Waals surface area contributed by atoms with Crippen LogP contribution >= 0.6 is 0 Å². The van der Waals surface area contributed by atoms with Crippen LogP contribution < -0.4 is 11.0 Å². The van der Waals surface area contributed by atoms with E-state index in [1.54, 1.807) is 17.7 Å². The number of aromatic nitrogens is 2. The number of amides is 1. The van der Waals surface area contributed by atoms with Crippen molar-refractivity contribution in [1.82, 2.24) is 19.4 Å². The van der Waals surface area contributed by atoms with Crippen LogP contribution in [0.2, 0.25) is 0 Å². The Morgan fingerprint density at radius 1 is 1.03 bits per heavy atom. The maximum absolute atomic E-state index is 14.4. The lowest BCUT2D eigenvalue weighted by Crippen LogP contribution is -2.40. The number of hydrogen-bond acceptors (Lipinski definition) is 3. The molecule has 7 heteroatoms. The molecule has 1 aliphatic carbocycles. The average molecular weight is 459 g/mol. The highest BCUT2D eigenvalue weighted by molar-refractivity contribution is 5.91. The van der Waals surface area contributed by atoms with Crippen molar-refractivity contribution in [1.29, 1.82) is 0 Å². The number of carbonyl (C=O) groups excluding carboxylic acids is 1. The Morgan fingerprint density at radius 2 is 1.79 bits per heavy atom. The van der Waals surface area contributed by atoms with Gasteiger partial charge in [0.2, 0.25) is 5.91 Å². The third kappa shape index (κ3) is 3.18. The number of hydrogen-bond donors (Lipinski definition) is 1. The number of nitrogens with zero attached hydrogens (tertiary/aromatic N) is 3. The van der Waals surface area contributed by atoms with Crippen molar-refractivity contribution in [2.24, 2.45) is 0 Å². The summed E-state index contributed by atoms with van der Waals surface area (Å²) in [5.41, 5.74) is 3.97. The summed E-state index contributed by atoms with van der Waals surface area (Å²) in [7, 11) is 1.58. The maximum atomic E-state index is 14.4. The second-order valence-corrected chi connectivity index (χ2v) is 9.36. The average Bonchev–Trinajstić information content (AvgIpc) is 3.37. The highest BCUT2D eigenvalue weighted by atomic mass is 19.1. The molecule has 1 aromatic heterocycles. The van der Waals surface area contributed by atoms with Crippen molar-refractivity contribution in [3.63, 3.8) is 0 Å². The number of piperidine rings is 1. The number of fused-ring (bicyclic) bond motifs is 1. The molecule has 0 bridgehead atoms. The predicted octanol–water partition coefficient (Wildman–Crippen LogP) is 3.78. The van der Waals surface area contributed by atoms with Crippen molar-refractivity contribution in [2.75, 3.05) is 20.1 Å². The van der Waals surface area contributed by atoms with Gasteiger partial charge in [0.15, 0.2) is 0 Å². The third-order valence-corrected chi connectivity index (χ3v) is 7.63. The minimum atomic E-state index is -0.189. The summed E-state index contributed by atoms with van der Waals surface area (Å²) < 4.78 is 17.8. The molecule has 1 N–H and O–H groups in total. The Kier molecular flexibility index (Phi) is 5.03. The van der Waals surface area contributed by atoms with Crippen LogP contribution in [-0.2, 0) is 17.8 Å². The summed E-state index contributed by atoms with van der Waals surface area (Å²) in [4.78, 5) is 27.9. The fraction of sp³-hybridized carbons (Fsp3) is 0.333. The van der Waals surface area contributed by atoms with Crippen molar-refractivity contribution in [3.8, 4) is 0 Å². The zero-order valence-electron chi connectivity index (χ0n) is 19.1. The fourth-order valence-electron chi connectivity index (χ4n) is 5.98. The van der Waals surface area contributed by atoms with E-state index in [2.05, 4.69) is 16.3 Å². The van der Waals surface area contributed by atoms with E-state index in [-0.39, 0.29) is 36.0 Å². The van der Waals surface area contributed by atoms with Gasteiger partial charge in [-0.1, -0.05) is 36.4 Å². The van der Waals surface area contributed by atoms with Gasteiger partial charge >= 0.3 is 5.69 Å². The molecule has 0 unspecified atom stereocenters. The van der Waals surface area contributed by atoms with Crippen LogP contribution in [0.5, 0.6) is 0 Å². The summed E-state index contributed by atoms with van der Waals surface area (Å²) in [6, 6.07) is 17.5. The molecule has 1 fully saturated rings. The number of benzene rings is 3. The lowest BCUT2D eigenvalue weighted by molar-refractivity contribution is -0.121. The molecule has 1 amide bonds. The largest absolute Gasteiger partial charge is 0.358 e. The van der Waals surface area contributed by atoms with Gasteiger partial charge in [0, 0.05) is 37.6 Å². The van der Waals surface area contributed by atoms with Crippen molar-refractivity contribution < 1.29 is 9.18 Å². The van der Waals surface area contributed by atoms with Gasteiger partial charge in [-0.2, -0.15) is 0 Å². The first-order valence-electron chi connectivity index (χ1n) is 11.9. The SMILES string of the molecule is CNC(=O)Cn1c(=O)n(C2CCN([C@@H]3Cc4cccc5c(F)ccc3c45)CC2)c2ccccc21. The van der Waals surface area contributed by atoms with E-state index in [0.717, 1.165) is 48.8 Å². The van der Waals surface area contributed by atoms with Crippen LogP contribution in [0.25, 0.3) is 21.8 Å². The number of carbonyl (C=O) groups is 1. The van der Waals surface area contributed by atoms with Gasteiger partial charge in [-0.3, -0.25) is 18.8 Å². The van der Waals surface area contributed by atoms with E-state index in [0.29, 0.717) is 5.39 Å². The first-order chi connectivity index (χ1) is 16.6. The van der Waals surface area contributed by atoms with Crippen LogP contribution in [0.1, 0.15) is 36.1 Å². The second-order valence-electron chi connectivity index (χ2n) is 9.36. The monoisotopic (exact) mass is 458 g/mol. The summed E-state index contributed by atoms with van der Waals surface area (Å²) in [6.45, 7) is 1.75. The van der Waals surface area contributed by atoms with E-state index in [4.69, 9.17) is 0 Å². The topological polar surface area (TPSA) is 59.3 Å². The molecule has 6 rings (SSSR count). The molecule has 1 saturated heterocycles. The summed E-state index contributed by atoms with van der Waals surface area (Å²) in [5, 5.41) is 4.40. The van der Waals surface area contributed by atoms with E-state index >= 15 is 0 Å². The first kappa shape index (κ1) is 21.1. The molecule has 34 heavy (non-hydrogen) atoms. The summed E-state index contributed by atoms with van der Waals surface area (Å²) >= 11 is 0. The van der Waals surface area contributed by atoms with E-state index in [9.17, 15) is 14.0 Å². The normalized spacial score (nSPS) is 18.7. The minimum Gasteiger partial charge on any atom is -0.358 e. The Morgan fingerprint density at radius 3 is 2.56 bits per heavy atom. The van der Waals surface area contributed by atoms with Gasteiger partial charge in [-0.15, -0.1) is 0 Å². The van der Waals surface area contributed by atoms with Crippen molar-refractivity contribution in [3.05, 3.63) is 82.0 Å². The molecule has 6 nitrogen and oxygen atoms in total. The highest BCUT2D eigenvalue weighted by Crippen LogP contribution is 2.42. The molecule has 4 aromatic rings. The van der Waals surface area contributed by atoms with Gasteiger partial charge in [-0.05, 0) is 54.0 Å². The number of rotatable bonds is 4. The Balaban J connectivity index is 1.28. The molecule has 174 valence electrons. The molecule has 0 spiro atoms. The van der Waals surface area contributed by atoms with Gasteiger partial charge in [-0.25, -0.2) is 9.18 Å². The number of nitrogens with one attached hydrogen (secondary N) is 1. The van der Waals surface area contributed by atoms with E-state index in [1.165, 1.54) is 11.1 Å².